The van der Waals surface area contributed by atoms with Gasteiger partial charge in [-0.1, -0.05) is 35.9 Å². The van der Waals surface area contributed by atoms with Crippen molar-refractivity contribution in [3.05, 3.63) is 47.5 Å². The Bertz CT molecular complexity index is 533. The van der Waals surface area contributed by atoms with Crippen molar-refractivity contribution in [3.8, 4) is 0 Å². The predicted molar refractivity (Wildman–Crippen MR) is 82.2 cm³/mol. The van der Waals surface area contributed by atoms with Crippen molar-refractivity contribution in [3.63, 3.8) is 0 Å². The topological polar surface area (TPSA) is 63.4 Å². The van der Waals surface area contributed by atoms with Crippen LogP contribution in [-0.2, 0) is 16.1 Å². The predicted octanol–water partition coefficient (Wildman–Crippen LogP) is 2.25. The normalized spacial score (nSPS) is 14.8. The quantitative estimate of drug-likeness (QED) is 0.781. The van der Waals surface area contributed by atoms with Crippen LogP contribution in [0.2, 0.25) is 0 Å². The zero-order chi connectivity index (χ0) is 15.2. The summed E-state index contributed by atoms with van der Waals surface area (Å²) >= 11 is 0. The number of nitrogens with two attached hydrogens (primary N) is 1. The average molecular weight is 286 g/mol. The van der Waals surface area contributed by atoms with E-state index in [1.165, 1.54) is 12.8 Å². The van der Waals surface area contributed by atoms with Gasteiger partial charge in [-0.05, 0) is 31.2 Å². The average Bonchev–Trinajstić information content (AvgIpc) is 3.28. The van der Waals surface area contributed by atoms with Gasteiger partial charge in [0.25, 0.3) is 0 Å². The summed E-state index contributed by atoms with van der Waals surface area (Å²) in [6.45, 7) is 2.86. The zero-order valence-corrected chi connectivity index (χ0v) is 12.4. The molecule has 112 valence electrons. The number of amides is 2. The molecule has 1 fully saturated rings. The minimum absolute atomic E-state index is 0.0375. The number of hydrogen-bond acceptors (Lipinski definition) is 2. The van der Waals surface area contributed by atoms with Crippen molar-refractivity contribution < 1.29 is 9.59 Å². The highest BCUT2D eigenvalue weighted by Crippen LogP contribution is 2.36. The van der Waals surface area contributed by atoms with E-state index in [0.29, 0.717) is 19.0 Å². The first-order chi connectivity index (χ1) is 10.1. The van der Waals surface area contributed by atoms with Crippen molar-refractivity contribution in [2.24, 2.45) is 11.7 Å². The summed E-state index contributed by atoms with van der Waals surface area (Å²) in [5.41, 5.74) is 7.39. The molecule has 0 atom stereocenters. The molecule has 0 aliphatic heterocycles. The van der Waals surface area contributed by atoms with Crippen molar-refractivity contribution >= 4 is 11.8 Å². The standard InChI is InChI=1S/C17H22N2O2/c1-13(15-7-8-15)11-17(21)19(10-9-16(18)20)12-14-5-3-2-4-6-14/h2-6,11,15H,7-10,12H2,1H3,(H2,18,20). The number of allylic oxidation sites excluding steroid dienone is 1. The molecule has 1 aromatic rings. The third-order valence-electron chi connectivity index (χ3n) is 3.73. The van der Waals surface area contributed by atoms with E-state index in [4.69, 9.17) is 5.73 Å². The number of primary amides is 1. The summed E-state index contributed by atoms with van der Waals surface area (Å²) < 4.78 is 0. The molecule has 0 unspecified atom stereocenters. The first-order valence-electron chi connectivity index (χ1n) is 7.35. The molecule has 1 aromatic carbocycles. The summed E-state index contributed by atoms with van der Waals surface area (Å²) in [4.78, 5) is 25.1. The molecule has 0 aromatic heterocycles. The fourth-order valence-electron chi connectivity index (χ4n) is 2.26. The number of carbonyl (C=O) groups is 2. The van der Waals surface area contributed by atoms with Crippen LogP contribution in [0.4, 0.5) is 0 Å². The van der Waals surface area contributed by atoms with Gasteiger partial charge in [-0.3, -0.25) is 9.59 Å². The van der Waals surface area contributed by atoms with E-state index in [1.807, 2.05) is 37.3 Å². The lowest BCUT2D eigenvalue weighted by molar-refractivity contribution is -0.127. The van der Waals surface area contributed by atoms with Gasteiger partial charge in [0.1, 0.15) is 0 Å². The van der Waals surface area contributed by atoms with Gasteiger partial charge in [0.05, 0.1) is 0 Å². The van der Waals surface area contributed by atoms with Crippen LogP contribution < -0.4 is 5.73 Å². The number of benzene rings is 1. The Labute approximate surface area is 125 Å². The molecule has 1 aliphatic rings. The molecule has 2 N–H and O–H groups in total. The lowest BCUT2D eigenvalue weighted by Crippen LogP contribution is -2.32. The van der Waals surface area contributed by atoms with Gasteiger partial charge in [0.2, 0.25) is 11.8 Å². The Kier molecular flexibility index (Phi) is 5.14. The summed E-state index contributed by atoms with van der Waals surface area (Å²) in [7, 11) is 0. The van der Waals surface area contributed by atoms with Crippen LogP contribution in [0.1, 0.15) is 31.7 Å². The molecule has 0 heterocycles. The molecular formula is C17H22N2O2. The van der Waals surface area contributed by atoms with Gasteiger partial charge < -0.3 is 10.6 Å². The van der Waals surface area contributed by atoms with E-state index in [1.54, 1.807) is 11.0 Å². The number of nitrogens with zero attached hydrogens (tertiary/aromatic N) is 1. The van der Waals surface area contributed by atoms with Crippen LogP contribution in [0.3, 0.4) is 0 Å². The van der Waals surface area contributed by atoms with Crippen LogP contribution in [-0.4, -0.2) is 23.3 Å². The van der Waals surface area contributed by atoms with E-state index in [-0.39, 0.29) is 18.2 Å². The molecule has 2 rings (SSSR count). The van der Waals surface area contributed by atoms with Crippen molar-refractivity contribution in [1.82, 2.24) is 4.90 Å². The Hall–Kier alpha value is -2.10. The number of hydrogen-bond donors (Lipinski definition) is 1. The summed E-state index contributed by atoms with van der Waals surface area (Å²) in [6.07, 6.45) is 4.25. The monoisotopic (exact) mass is 286 g/mol. The van der Waals surface area contributed by atoms with Gasteiger partial charge in [0, 0.05) is 25.6 Å². The molecular weight excluding hydrogens is 264 g/mol. The Morgan fingerprint density at radius 1 is 1.29 bits per heavy atom. The van der Waals surface area contributed by atoms with Gasteiger partial charge >= 0.3 is 0 Å². The highest BCUT2D eigenvalue weighted by atomic mass is 16.2. The van der Waals surface area contributed by atoms with E-state index in [2.05, 4.69) is 0 Å². The Balaban J connectivity index is 2.05. The van der Waals surface area contributed by atoms with Gasteiger partial charge in [-0.25, -0.2) is 0 Å². The van der Waals surface area contributed by atoms with Crippen LogP contribution >= 0.6 is 0 Å². The smallest absolute Gasteiger partial charge is 0.246 e. The molecule has 21 heavy (non-hydrogen) atoms. The Morgan fingerprint density at radius 2 is 1.95 bits per heavy atom. The second-order valence-electron chi connectivity index (χ2n) is 5.62. The highest BCUT2D eigenvalue weighted by Gasteiger charge is 2.24. The third-order valence-corrected chi connectivity index (χ3v) is 3.73. The minimum atomic E-state index is -0.385. The molecule has 0 bridgehead atoms. The third kappa shape index (κ3) is 5.06. The van der Waals surface area contributed by atoms with Crippen LogP contribution in [0.5, 0.6) is 0 Å². The maximum atomic E-state index is 12.4. The van der Waals surface area contributed by atoms with E-state index in [0.717, 1.165) is 11.1 Å². The molecule has 0 spiro atoms. The largest absolute Gasteiger partial charge is 0.370 e. The summed E-state index contributed by atoms with van der Waals surface area (Å²) in [5.74, 6) is 0.150. The lowest BCUT2D eigenvalue weighted by Gasteiger charge is -2.21. The molecule has 2 amide bonds. The molecule has 0 radical (unpaired) electrons. The fourth-order valence-corrected chi connectivity index (χ4v) is 2.26. The van der Waals surface area contributed by atoms with Gasteiger partial charge in [-0.15, -0.1) is 0 Å². The first-order valence-corrected chi connectivity index (χ1v) is 7.35. The highest BCUT2D eigenvalue weighted by molar-refractivity contribution is 5.88. The Morgan fingerprint density at radius 3 is 2.52 bits per heavy atom. The fraction of sp³-hybridized carbons (Fsp3) is 0.412. The zero-order valence-electron chi connectivity index (χ0n) is 12.4. The maximum Gasteiger partial charge on any atom is 0.246 e. The molecule has 1 aliphatic carbocycles. The van der Waals surface area contributed by atoms with Crippen LogP contribution in [0.15, 0.2) is 42.0 Å². The number of carbonyl (C=O) groups excluding carboxylic acids is 2. The van der Waals surface area contributed by atoms with Gasteiger partial charge in [-0.2, -0.15) is 0 Å². The maximum absolute atomic E-state index is 12.4. The van der Waals surface area contributed by atoms with Crippen molar-refractivity contribution in [2.75, 3.05) is 6.54 Å². The lowest BCUT2D eigenvalue weighted by atomic mass is 10.1. The minimum Gasteiger partial charge on any atom is -0.370 e. The second kappa shape index (κ2) is 7.07. The molecule has 1 saturated carbocycles. The number of rotatable bonds is 7. The van der Waals surface area contributed by atoms with Gasteiger partial charge in [0.15, 0.2) is 0 Å². The van der Waals surface area contributed by atoms with Crippen molar-refractivity contribution in [1.29, 1.82) is 0 Å². The molecule has 0 saturated heterocycles. The van der Waals surface area contributed by atoms with Crippen LogP contribution in [0, 0.1) is 5.92 Å². The SMILES string of the molecule is CC(=CC(=O)N(CCC(N)=O)Cc1ccccc1)C1CC1. The first kappa shape index (κ1) is 15.3. The van der Waals surface area contributed by atoms with Crippen molar-refractivity contribution in [2.45, 2.75) is 32.7 Å². The molecule has 4 heteroatoms. The van der Waals surface area contributed by atoms with E-state index in [9.17, 15) is 9.59 Å². The van der Waals surface area contributed by atoms with E-state index < -0.39 is 0 Å². The van der Waals surface area contributed by atoms with Crippen LogP contribution in [0.25, 0.3) is 0 Å². The molecule has 4 nitrogen and oxygen atoms in total. The van der Waals surface area contributed by atoms with E-state index >= 15 is 0 Å². The summed E-state index contributed by atoms with van der Waals surface area (Å²) in [5, 5.41) is 0. The summed E-state index contributed by atoms with van der Waals surface area (Å²) in [6, 6.07) is 9.77. The second-order valence-corrected chi connectivity index (χ2v) is 5.62.